The average molecular weight is 282 g/mol. The standard InChI is InChI=1S/C15H14ClF2N/c1-19-15(8-10-2-5-12(17)6-3-10)11-4-7-13(16)14(18)9-11/h2-7,9,15,19H,8H2,1H3. The van der Waals surface area contributed by atoms with E-state index in [-0.39, 0.29) is 16.9 Å². The van der Waals surface area contributed by atoms with Crippen LogP contribution >= 0.6 is 11.6 Å². The highest BCUT2D eigenvalue weighted by Gasteiger charge is 2.12. The van der Waals surface area contributed by atoms with Gasteiger partial charge in [0.2, 0.25) is 0 Å². The molecule has 0 bridgehead atoms. The summed E-state index contributed by atoms with van der Waals surface area (Å²) in [4.78, 5) is 0. The quantitative estimate of drug-likeness (QED) is 0.889. The maximum absolute atomic E-state index is 13.5. The third-order valence-electron chi connectivity index (χ3n) is 3.05. The Bertz CT molecular complexity index is 555. The Hall–Kier alpha value is -1.45. The number of likely N-dealkylation sites (N-methyl/N-ethyl adjacent to an activating group) is 1. The molecule has 2 aromatic rings. The van der Waals surface area contributed by atoms with Gasteiger partial charge in [0.15, 0.2) is 0 Å². The molecule has 0 aromatic heterocycles. The molecule has 1 unspecified atom stereocenters. The second-order valence-electron chi connectivity index (χ2n) is 4.35. The van der Waals surface area contributed by atoms with Crippen LogP contribution in [-0.4, -0.2) is 7.05 Å². The van der Waals surface area contributed by atoms with E-state index in [1.807, 2.05) is 0 Å². The Kier molecular flexibility index (Phi) is 4.51. The second kappa shape index (κ2) is 6.13. The van der Waals surface area contributed by atoms with E-state index in [1.165, 1.54) is 18.2 Å². The molecule has 0 radical (unpaired) electrons. The lowest BCUT2D eigenvalue weighted by atomic mass is 9.99. The van der Waals surface area contributed by atoms with Crippen LogP contribution in [0.3, 0.4) is 0 Å². The minimum absolute atomic E-state index is 0.0442. The molecule has 1 atom stereocenters. The van der Waals surface area contributed by atoms with E-state index in [1.54, 1.807) is 31.3 Å². The van der Waals surface area contributed by atoms with Gasteiger partial charge in [0.25, 0.3) is 0 Å². The number of rotatable bonds is 4. The van der Waals surface area contributed by atoms with E-state index >= 15 is 0 Å². The smallest absolute Gasteiger partial charge is 0.142 e. The van der Waals surface area contributed by atoms with Crippen LogP contribution in [0.2, 0.25) is 5.02 Å². The monoisotopic (exact) mass is 281 g/mol. The molecule has 19 heavy (non-hydrogen) atoms. The average Bonchev–Trinajstić information content (AvgIpc) is 2.41. The molecule has 0 saturated carbocycles. The molecule has 1 nitrogen and oxygen atoms in total. The van der Waals surface area contributed by atoms with Gasteiger partial charge < -0.3 is 5.32 Å². The molecular weight excluding hydrogens is 268 g/mol. The molecule has 4 heteroatoms. The summed E-state index contributed by atoms with van der Waals surface area (Å²) >= 11 is 5.67. The zero-order valence-electron chi connectivity index (χ0n) is 10.5. The van der Waals surface area contributed by atoms with Crippen LogP contribution in [0.15, 0.2) is 42.5 Å². The molecule has 0 aliphatic rings. The molecule has 2 aromatic carbocycles. The molecule has 0 saturated heterocycles. The Morgan fingerprint density at radius 3 is 2.37 bits per heavy atom. The third-order valence-corrected chi connectivity index (χ3v) is 3.35. The Morgan fingerprint density at radius 1 is 1.11 bits per heavy atom. The van der Waals surface area contributed by atoms with Gasteiger partial charge in [-0.25, -0.2) is 8.78 Å². The van der Waals surface area contributed by atoms with Gasteiger partial charge in [0.1, 0.15) is 11.6 Å². The van der Waals surface area contributed by atoms with E-state index in [4.69, 9.17) is 11.6 Å². The summed E-state index contributed by atoms with van der Waals surface area (Å²) < 4.78 is 26.3. The Balaban J connectivity index is 2.19. The number of hydrogen-bond acceptors (Lipinski definition) is 1. The summed E-state index contributed by atoms with van der Waals surface area (Å²) in [5.74, 6) is -0.694. The van der Waals surface area contributed by atoms with E-state index in [0.717, 1.165) is 11.1 Å². The van der Waals surface area contributed by atoms with Crippen LogP contribution in [0, 0.1) is 11.6 Å². The molecule has 0 heterocycles. The molecule has 2 rings (SSSR count). The first-order chi connectivity index (χ1) is 9.10. The SMILES string of the molecule is CNC(Cc1ccc(F)cc1)c1ccc(Cl)c(F)c1. The van der Waals surface area contributed by atoms with Gasteiger partial charge >= 0.3 is 0 Å². The summed E-state index contributed by atoms with van der Waals surface area (Å²) in [6.07, 6.45) is 0.651. The first-order valence-electron chi connectivity index (χ1n) is 5.97. The Morgan fingerprint density at radius 2 is 1.79 bits per heavy atom. The molecular formula is C15H14ClF2N. The molecule has 100 valence electrons. The summed E-state index contributed by atoms with van der Waals surface area (Å²) in [6, 6.07) is 11.0. The van der Waals surface area contributed by atoms with Crippen molar-refractivity contribution < 1.29 is 8.78 Å². The van der Waals surface area contributed by atoms with E-state index in [2.05, 4.69) is 5.32 Å². The predicted octanol–water partition coefficient (Wildman–Crippen LogP) is 4.12. The van der Waals surface area contributed by atoms with Crippen molar-refractivity contribution in [2.24, 2.45) is 0 Å². The van der Waals surface area contributed by atoms with Crippen LogP contribution in [0.25, 0.3) is 0 Å². The maximum atomic E-state index is 13.5. The van der Waals surface area contributed by atoms with E-state index in [9.17, 15) is 8.78 Å². The first-order valence-corrected chi connectivity index (χ1v) is 6.34. The van der Waals surface area contributed by atoms with Crippen molar-refractivity contribution in [3.8, 4) is 0 Å². The van der Waals surface area contributed by atoms with Crippen molar-refractivity contribution in [3.05, 3.63) is 70.2 Å². The van der Waals surface area contributed by atoms with Crippen LogP contribution < -0.4 is 5.32 Å². The van der Waals surface area contributed by atoms with Crippen molar-refractivity contribution >= 4 is 11.6 Å². The summed E-state index contributed by atoms with van der Waals surface area (Å²) in [6.45, 7) is 0. The van der Waals surface area contributed by atoms with Gasteiger partial charge in [0.05, 0.1) is 5.02 Å². The summed E-state index contributed by atoms with van der Waals surface area (Å²) in [5, 5.41) is 3.24. The lowest BCUT2D eigenvalue weighted by Crippen LogP contribution is -2.19. The fourth-order valence-electron chi connectivity index (χ4n) is 1.97. The van der Waals surface area contributed by atoms with Crippen molar-refractivity contribution in [3.63, 3.8) is 0 Å². The molecule has 0 fully saturated rings. The highest BCUT2D eigenvalue weighted by atomic mass is 35.5. The van der Waals surface area contributed by atoms with Crippen LogP contribution in [-0.2, 0) is 6.42 Å². The molecule has 0 aliphatic heterocycles. The number of nitrogens with one attached hydrogen (secondary N) is 1. The van der Waals surface area contributed by atoms with Gasteiger partial charge in [-0.15, -0.1) is 0 Å². The first kappa shape index (κ1) is 14.0. The van der Waals surface area contributed by atoms with Crippen molar-refractivity contribution in [2.45, 2.75) is 12.5 Å². The van der Waals surface area contributed by atoms with Gasteiger partial charge in [-0.3, -0.25) is 0 Å². The zero-order chi connectivity index (χ0) is 13.8. The van der Waals surface area contributed by atoms with Gasteiger partial charge in [-0.05, 0) is 48.9 Å². The highest BCUT2D eigenvalue weighted by Crippen LogP contribution is 2.23. The number of halogens is 3. The lowest BCUT2D eigenvalue weighted by molar-refractivity contribution is 0.576. The summed E-state index contributed by atoms with van der Waals surface area (Å²) in [5.41, 5.74) is 1.80. The van der Waals surface area contributed by atoms with E-state index < -0.39 is 5.82 Å². The highest BCUT2D eigenvalue weighted by molar-refractivity contribution is 6.30. The van der Waals surface area contributed by atoms with Crippen molar-refractivity contribution in [2.75, 3.05) is 7.05 Å². The third kappa shape index (κ3) is 3.52. The topological polar surface area (TPSA) is 12.0 Å². The number of benzene rings is 2. The normalized spacial score (nSPS) is 12.4. The maximum Gasteiger partial charge on any atom is 0.142 e. The zero-order valence-corrected chi connectivity index (χ0v) is 11.2. The van der Waals surface area contributed by atoms with Gasteiger partial charge in [-0.1, -0.05) is 29.8 Å². The Labute approximate surface area is 116 Å². The number of hydrogen-bond donors (Lipinski definition) is 1. The largest absolute Gasteiger partial charge is 0.313 e. The van der Waals surface area contributed by atoms with Crippen LogP contribution in [0.1, 0.15) is 17.2 Å². The lowest BCUT2D eigenvalue weighted by Gasteiger charge is -2.17. The predicted molar refractivity (Wildman–Crippen MR) is 73.3 cm³/mol. The molecule has 0 amide bonds. The molecule has 0 spiro atoms. The minimum atomic E-state index is -0.432. The van der Waals surface area contributed by atoms with Crippen LogP contribution in [0.5, 0.6) is 0 Å². The molecule has 0 aliphatic carbocycles. The molecule has 1 N–H and O–H groups in total. The van der Waals surface area contributed by atoms with Gasteiger partial charge in [-0.2, -0.15) is 0 Å². The summed E-state index contributed by atoms with van der Waals surface area (Å²) in [7, 11) is 1.81. The fourth-order valence-corrected chi connectivity index (χ4v) is 2.09. The minimum Gasteiger partial charge on any atom is -0.313 e. The van der Waals surface area contributed by atoms with Crippen LogP contribution in [0.4, 0.5) is 8.78 Å². The second-order valence-corrected chi connectivity index (χ2v) is 4.75. The fraction of sp³-hybridized carbons (Fsp3) is 0.200. The van der Waals surface area contributed by atoms with Crippen molar-refractivity contribution in [1.29, 1.82) is 0 Å². The van der Waals surface area contributed by atoms with Gasteiger partial charge in [0, 0.05) is 6.04 Å². The van der Waals surface area contributed by atoms with E-state index in [0.29, 0.717) is 6.42 Å². The van der Waals surface area contributed by atoms with Crippen molar-refractivity contribution in [1.82, 2.24) is 5.32 Å².